The van der Waals surface area contributed by atoms with Crippen LogP contribution in [0, 0.1) is 5.92 Å². The average molecular weight is 421 g/mol. The minimum atomic E-state index is -0.853. The van der Waals surface area contributed by atoms with E-state index in [4.69, 9.17) is 9.47 Å². The van der Waals surface area contributed by atoms with E-state index in [1.165, 1.54) is 0 Å². The van der Waals surface area contributed by atoms with Gasteiger partial charge in [0.15, 0.2) is 0 Å². The fraction of sp³-hybridized carbons (Fsp3) is 0.609. The monoisotopic (exact) mass is 420 g/mol. The van der Waals surface area contributed by atoms with Crippen LogP contribution in [-0.4, -0.2) is 36.2 Å². The number of carbonyl (C=O) groups is 3. The molecule has 30 heavy (non-hydrogen) atoms. The summed E-state index contributed by atoms with van der Waals surface area (Å²) < 4.78 is 10.8. The summed E-state index contributed by atoms with van der Waals surface area (Å²) in [6.07, 6.45) is 1.72. The molecule has 0 unspecified atom stereocenters. The molecule has 3 atom stereocenters. The molecule has 7 heteroatoms. The Bertz CT molecular complexity index is 663. The lowest BCUT2D eigenvalue weighted by atomic mass is 9.95. The van der Waals surface area contributed by atoms with Crippen molar-refractivity contribution in [2.45, 2.75) is 85.1 Å². The molecular formula is C23H36N2O5. The van der Waals surface area contributed by atoms with E-state index in [0.29, 0.717) is 6.42 Å². The van der Waals surface area contributed by atoms with Gasteiger partial charge in [-0.3, -0.25) is 4.79 Å². The molecule has 1 aromatic rings. The number of nitrogens with one attached hydrogen (secondary N) is 2. The quantitative estimate of drug-likeness (QED) is 0.499. The SMILES string of the molecule is CCCC[C@@H](OC(=O)[C@H](C)NC(=O)OCc1ccccc1)[C@@H](C)CC(=O)NC(C)C. The Labute approximate surface area is 179 Å². The summed E-state index contributed by atoms with van der Waals surface area (Å²) in [4.78, 5) is 36.5. The van der Waals surface area contributed by atoms with Crippen LogP contribution in [0.2, 0.25) is 0 Å². The molecule has 0 saturated carbocycles. The second-order valence-electron chi connectivity index (χ2n) is 7.95. The molecular weight excluding hydrogens is 384 g/mol. The van der Waals surface area contributed by atoms with Crippen LogP contribution < -0.4 is 10.6 Å². The molecule has 1 aromatic carbocycles. The first kappa shape index (κ1) is 25.5. The van der Waals surface area contributed by atoms with Crippen LogP contribution in [0.4, 0.5) is 4.79 Å². The van der Waals surface area contributed by atoms with Crippen LogP contribution in [0.25, 0.3) is 0 Å². The maximum absolute atomic E-state index is 12.5. The van der Waals surface area contributed by atoms with Gasteiger partial charge in [-0.15, -0.1) is 0 Å². The van der Waals surface area contributed by atoms with E-state index in [1.54, 1.807) is 6.92 Å². The summed E-state index contributed by atoms with van der Waals surface area (Å²) in [6, 6.07) is 8.50. The van der Waals surface area contributed by atoms with Crippen LogP contribution in [0.15, 0.2) is 30.3 Å². The number of hydrogen-bond donors (Lipinski definition) is 2. The number of unbranched alkanes of at least 4 members (excludes halogenated alkanes) is 1. The van der Waals surface area contributed by atoms with Crippen LogP contribution in [0.5, 0.6) is 0 Å². The Morgan fingerprint density at radius 3 is 2.27 bits per heavy atom. The third-order valence-electron chi connectivity index (χ3n) is 4.60. The van der Waals surface area contributed by atoms with Crippen molar-refractivity contribution in [2.24, 2.45) is 5.92 Å². The van der Waals surface area contributed by atoms with Crippen LogP contribution in [0.1, 0.15) is 65.9 Å². The molecule has 0 saturated heterocycles. The lowest BCUT2D eigenvalue weighted by Crippen LogP contribution is -2.42. The van der Waals surface area contributed by atoms with Crippen LogP contribution in [-0.2, 0) is 25.7 Å². The highest BCUT2D eigenvalue weighted by atomic mass is 16.6. The normalized spacial score (nSPS) is 13.8. The van der Waals surface area contributed by atoms with Gasteiger partial charge in [-0.25, -0.2) is 9.59 Å². The van der Waals surface area contributed by atoms with Crippen molar-refractivity contribution in [2.75, 3.05) is 0 Å². The van der Waals surface area contributed by atoms with Crippen molar-refractivity contribution < 1.29 is 23.9 Å². The first-order valence-corrected chi connectivity index (χ1v) is 10.7. The largest absolute Gasteiger partial charge is 0.461 e. The van der Waals surface area contributed by atoms with Gasteiger partial charge < -0.3 is 20.1 Å². The van der Waals surface area contributed by atoms with Crippen LogP contribution in [0.3, 0.4) is 0 Å². The lowest BCUT2D eigenvalue weighted by molar-refractivity contribution is -0.155. The predicted octanol–water partition coefficient (Wildman–Crippen LogP) is 3.95. The molecule has 2 amide bonds. The molecule has 0 aliphatic carbocycles. The number of carbonyl (C=O) groups excluding carboxylic acids is 3. The number of hydrogen-bond acceptors (Lipinski definition) is 5. The van der Waals surface area contributed by atoms with E-state index in [-0.39, 0.29) is 37.0 Å². The van der Waals surface area contributed by atoms with Crippen molar-refractivity contribution in [1.29, 1.82) is 0 Å². The van der Waals surface area contributed by atoms with E-state index in [1.807, 2.05) is 51.1 Å². The zero-order valence-corrected chi connectivity index (χ0v) is 18.8. The van der Waals surface area contributed by atoms with E-state index >= 15 is 0 Å². The molecule has 0 aliphatic rings. The predicted molar refractivity (Wildman–Crippen MR) is 116 cm³/mol. The number of amides is 2. The zero-order valence-electron chi connectivity index (χ0n) is 18.8. The summed E-state index contributed by atoms with van der Waals surface area (Å²) in [7, 11) is 0. The molecule has 0 radical (unpaired) electrons. The Morgan fingerprint density at radius 1 is 1.00 bits per heavy atom. The number of alkyl carbamates (subject to hydrolysis) is 1. The van der Waals surface area contributed by atoms with Crippen LogP contribution >= 0.6 is 0 Å². The fourth-order valence-electron chi connectivity index (χ4n) is 2.92. The van der Waals surface area contributed by atoms with E-state index in [9.17, 15) is 14.4 Å². The highest BCUT2D eigenvalue weighted by Gasteiger charge is 2.27. The summed E-state index contributed by atoms with van der Waals surface area (Å²) in [5.74, 6) is -0.730. The Balaban J connectivity index is 2.55. The first-order chi connectivity index (χ1) is 14.2. The number of esters is 1. The molecule has 0 heterocycles. The summed E-state index contributed by atoms with van der Waals surface area (Å²) in [6.45, 7) is 9.44. The Hall–Kier alpha value is -2.57. The standard InChI is InChI=1S/C23H36N2O5/c1-6-7-13-20(17(4)14-21(26)24-16(2)3)30-22(27)18(5)25-23(28)29-15-19-11-9-8-10-12-19/h8-12,16-18,20H,6-7,13-15H2,1-5H3,(H,24,26)(H,25,28)/t17-,18-,20+/m0/s1. The number of rotatable bonds is 12. The van der Waals surface area contributed by atoms with Gasteiger partial charge in [0.05, 0.1) is 0 Å². The van der Waals surface area contributed by atoms with Gasteiger partial charge in [0.25, 0.3) is 0 Å². The van der Waals surface area contributed by atoms with E-state index in [0.717, 1.165) is 18.4 Å². The van der Waals surface area contributed by atoms with Gasteiger partial charge in [-0.05, 0) is 32.8 Å². The van der Waals surface area contributed by atoms with Gasteiger partial charge in [0.2, 0.25) is 5.91 Å². The molecule has 2 N–H and O–H groups in total. The molecule has 0 aromatic heterocycles. The minimum Gasteiger partial charge on any atom is -0.461 e. The fourth-order valence-corrected chi connectivity index (χ4v) is 2.92. The van der Waals surface area contributed by atoms with Crippen molar-refractivity contribution in [3.8, 4) is 0 Å². The molecule has 7 nitrogen and oxygen atoms in total. The number of ether oxygens (including phenoxy) is 2. The van der Waals surface area contributed by atoms with Crippen molar-refractivity contribution in [1.82, 2.24) is 10.6 Å². The Morgan fingerprint density at radius 2 is 1.67 bits per heavy atom. The van der Waals surface area contributed by atoms with Gasteiger partial charge in [0, 0.05) is 18.4 Å². The molecule has 168 valence electrons. The van der Waals surface area contributed by atoms with Gasteiger partial charge in [0.1, 0.15) is 18.8 Å². The summed E-state index contributed by atoms with van der Waals surface area (Å²) in [5, 5.41) is 5.36. The van der Waals surface area contributed by atoms with Gasteiger partial charge in [-0.1, -0.05) is 57.0 Å². The lowest BCUT2D eigenvalue weighted by Gasteiger charge is -2.26. The number of benzene rings is 1. The molecule has 1 rings (SSSR count). The highest BCUT2D eigenvalue weighted by Crippen LogP contribution is 2.19. The maximum Gasteiger partial charge on any atom is 0.408 e. The smallest absolute Gasteiger partial charge is 0.408 e. The topological polar surface area (TPSA) is 93.7 Å². The van der Waals surface area contributed by atoms with E-state index < -0.39 is 18.1 Å². The van der Waals surface area contributed by atoms with Gasteiger partial charge >= 0.3 is 12.1 Å². The second-order valence-corrected chi connectivity index (χ2v) is 7.95. The van der Waals surface area contributed by atoms with Crippen molar-refractivity contribution in [3.63, 3.8) is 0 Å². The highest BCUT2D eigenvalue weighted by molar-refractivity contribution is 5.81. The van der Waals surface area contributed by atoms with Crippen molar-refractivity contribution >= 4 is 18.0 Å². The second kappa shape index (κ2) is 13.6. The third kappa shape index (κ3) is 10.3. The Kier molecular flexibility index (Phi) is 11.6. The zero-order chi connectivity index (χ0) is 22.5. The molecule has 0 fully saturated rings. The third-order valence-corrected chi connectivity index (χ3v) is 4.60. The summed E-state index contributed by atoms with van der Waals surface area (Å²) in [5.41, 5.74) is 0.857. The first-order valence-electron chi connectivity index (χ1n) is 10.7. The minimum absolute atomic E-state index is 0.0625. The maximum atomic E-state index is 12.5. The van der Waals surface area contributed by atoms with Crippen molar-refractivity contribution in [3.05, 3.63) is 35.9 Å². The molecule has 0 bridgehead atoms. The molecule has 0 aliphatic heterocycles. The van der Waals surface area contributed by atoms with E-state index in [2.05, 4.69) is 17.6 Å². The summed E-state index contributed by atoms with van der Waals surface area (Å²) >= 11 is 0. The van der Waals surface area contributed by atoms with Gasteiger partial charge in [-0.2, -0.15) is 0 Å². The average Bonchev–Trinajstić information content (AvgIpc) is 2.69. The molecule has 0 spiro atoms.